The second kappa shape index (κ2) is 5.71. The molecule has 0 aromatic heterocycles. The van der Waals surface area contributed by atoms with Crippen molar-refractivity contribution in [1.82, 2.24) is 6.15 Å². The molecule has 0 heterocycles. The average molecular weight is 168 g/mol. The molecular weight excluding hydrogens is 152 g/mol. The Hall–Kier alpha value is -0.900. The van der Waals surface area contributed by atoms with Crippen LogP contribution in [0.1, 0.15) is 5.56 Å². The summed E-state index contributed by atoms with van der Waals surface area (Å²) in [6, 6.07) is 9.80. The third kappa shape index (κ3) is 3.48. The van der Waals surface area contributed by atoms with E-state index >= 15 is 0 Å². The van der Waals surface area contributed by atoms with Crippen LogP contribution < -0.4 is 11.9 Å². The second-order valence-electron chi connectivity index (χ2n) is 2.63. The molecule has 1 atom stereocenters. The van der Waals surface area contributed by atoms with Crippen molar-refractivity contribution in [1.29, 1.82) is 0 Å². The smallest absolute Gasteiger partial charge is 0.0585 e. The highest BCUT2D eigenvalue weighted by Gasteiger charge is 1.99. The Morgan fingerprint density at radius 3 is 2.33 bits per heavy atom. The molecule has 1 aromatic rings. The first-order chi connectivity index (χ1) is 5.33. The molecule has 3 heteroatoms. The van der Waals surface area contributed by atoms with Gasteiger partial charge < -0.3 is 17.0 Å². The van der Waals surface area contributed by atoms with Crippen LogP contribution in [0.3, 0.4) is 0 Å². The van der Waals surface area contributed by atoms with Crippen molar-refractivity contribution >= 4 is 0 Å². The number of nitrogens with two attached hydrogens (primary N) is 1. The fourth-order valence-electron chi connectivity index (χ4n) is 0.981. The van der Waals surface area contributed by atoms with Gasteiger partial charge in [0.25, 0.3) is 0 Å². The summed E-state index contributed by atoms with van der Waals surface area (Å²) < 4.78 is 0. The fraction of sp³-hybridized carbons (Fsp3) is 0.333. The number of benzene rings is 1. The summed E-state index contributed by atoms with van der Waals surface area (Å²) in [6.45, 7) is 0.0505. The third-order valence-corrected chi connectivity index (χ3v) is 1.58. The number of hydrogen-bond donors (Lipinski definition) is 3. The van der Waals surface area contributed by atoms with Gasteiger partial charge in [-0.25, -0.2) is 0 Å². The van der Waals surface area contributed by atoms with Crippen LogP contribution in [0, 0.1) is 0 Å². The van der Waals surface area contributed by atoms with Crippen LogP contribution in [0.15, 0.2) is 30.3 Å². The summed E-state index contributed by atoms with van der Waals surface area (Å²) >= 11 is 0. The van der Waals surface area contributed by atoms with Crippen LogP contribution in [-0.4, -0.2) is 17.8 Å². The van der Waals surface area contributed by atoms with Gasteiger partial charge in [-0.3, -0.25) is 0 Å². The van der Waals surface area contributed by atoms with Crippen molar-refractivity contribution in [3.8, 4) is 0 Å². The van der Waals surface area contributed by atoms with Gasteiger partial charge in [0.05, 0.1) is 6.61 Å². The lowest BCUT2D eigenvalue weighted by molar-refractivity contribution is 0.265. The van der Waals surface area contributed by atoms with Gasteiger partial charge >= 0.3 is 0 Å². The molecule has 1 aromatic carbocycles. The quantitative estimate of drug-likeness (QED) is 0.621. The van der Waals surface area contributed by atoms with Crippen LogP contribution in [0.2, 0.25) is 0 Å². The highest BCUT2D eigenvalue weighted by molar-refractivity contribution is 5.15. The lowest BCUT2D eigenvalue weighted by Crippen LogP contribution is -2.26. The maximum absolute atomic E-state index is 8.67. The van der Waals surface area contributed by atoms with E-state index < -0.39 is 0 Å². The van der Waals surface area contributed by atoms with Gasteiger partial charge in [0.15, 0.2) is 0 Å². The van der Waals surface area contributed by atoms with E-state index in [-0.39, 0.29) is 18.8 Å². The molecule has 0 aliphatic carbocycles. The normalized spacial score (nSPS) is 11.8. The number of rotatable bonds is 3. The summed E-state index contributed by atoms with van der Waals surface area (Å²) in [5, 5.41) is 8.67. The SMILES string of the molecule is N.N[C@@H](CO)Cc1ccccc1. The molecule has 0 fully saturated rings. The van der Waals surface area contributed by atoms with Crippen molar-refractivity contribution in [2.24, 2.45) is 5.73 Å². The van der Waals surface area contributed by atoms with E-state index in [4.69, 9.17) is 10.8 Å². The molecule has 0 aliphatic heterocycles. The Morgan fingerprint density at radius 2 is 1.83 bits per heavy atom. The lowest BCUT2D eigenvalue weighted by atomic mass is 10.1. The predicted octanol–water partition coefficient (Wildman–Crippen LogP) is 0.711. The van der Waals surface area contributed by atoms with Gasteiger partial charge in [-0.2, -0.15) is 0 Å². The Balaban J connectivity index is 0.00000121. The zero-order valence-corrected chi connectivity index (χ0v) is 7.11. The molecule has 3 nitrogen and oxygen atoms in total. The molecule has 0 aliphatic rings. The molecule has 1 rings (SSSR count). The Kier molecular flexibility index (Phi) is 5.28. The Morgan fingerprint density at radius 1 is 1.25 bits per heavy atom. The minimum atomic E-state index is -0.127. The first-order valence-corrected chi connectivity index (χ1v) is 3.73. The molecular formula is C9H16N2O. The second-order valence-corrected chi connectivity index (χ2v) is 2.63. The van der Waals surface area contributed by atoms with Crippen LogP contribution in [-0.2, 0) is 6.42 Å². The largest absolute Gasteiger partial charge is 0.395 e. The summed E-state index contributed by atoms with van der Waals surface area (Å²) in [4.78, 5) is 0. The molecule has 12 heavy (non-hydrogen) atoms. The van der Waals surface area contributed by atoms with Gasteiger partial charge in [0.2, 0.25) is 0 Å². The van der Waals surface area contributed by atoms with E-state index in [0.29, 0.717) is 0 Å². The van der Waals surface area contributed by atoms with Gasteiger partial charge in [0, 0.05) is 6.04 Å². The summed E-state index contributed by atoms with van der Waals surface area (Å²) in [5.41, 5.74) is 6.73. The fourth-order valence-corrected chi connectivity index (χ4v) is 0.981. The number of aliphatic hydroxyl groups is 1. The van der Waals surface area contributed by atoms with Crippen molar-refractivity contribution in [3.63, 3.8) is 0 Å². The molecule has 0 saturated heterocycles. The van der Waals surface area contributed by atoms with Gasteiger partial charge in [-0.1, -0.05) is 30.3 Å². The van der Waals surface area contributed by atoms with Crippen LogP contribution in [0.5, 0.6) is 0 Å². The first-order valence-electron chi connectivity index (χ1n) is 3.73. The number of aliphatic hydroxyl groups excluding tert-OH is 1. The van der Waals surface area contributed by atoms with E-state index in [0.717, 1.165) is 6.42 Å². The summed E-state index contributed by atoms with van der Waals surface area (Å²) in [5.74, 6) is 0. The average Bonchev–Trinajstić information content (AvgIpc) is 2.06. The van der Waals surface area contributed by atoms with Crippen LogP contribution in [0.4, 0.5) is 0 Å². The molecule has 0 unspecified atom stereocenters. The van der Waals surface area contributed by atoms with Gasteiger partial charge in [-0.15, -0.1) is 0 Å². The molecule has 0 bridgehead atoms. The highest BCUT2D eigenvalue weighted by atomic mass is 16.3. The van der Waals surface area contributed by atoms with Gasteiger partial charge in [0.1, 0.15) is 0 Å². The highest BCUT2D eigenvalue weighted by Crippen LogP contribution is 2.00. The van der Waals surface area contributed by atoms with E-state index in [1.807, 2.05) is 30.3 Å². The van der Waals surface area contributed by atoms with Crippen molar-refractivity contribution in [2.45, 2.75) is 12.5 Å². The van der Waals surface area contributed by atoms with E-state index in [1.54, 1.807) is 0 Å². The predicted molar refractivity (Wildman–Crippen MR) is 50.2 cm³/mol. The Bertz CT molecular complexity index is 201. The first kappa shape index (κ1) is 11.1. The van der Waals surface area contributed by atoms with Crippen molar-refractivity contribution in [2.75, 3.05) is 6.61 Å². The molecule has 0 radical (unpaired) electrons. The molecule has 0 saturated carbocycles. The number of hydrogen-bond acceptors (Lipinski definition) is 3. The van der Waals surface area contributed by atoms with E-state index in [1.165, 1.54) is 5.56 Å². The maximum atomic E-state index is 8.67. The monoisotopic (exact) mass is 168 g/mol. The topological polar surface area (TPSA) is 81.2 Å². The van der Waals surface area contributed by atoms with Crippen LogP contribution in [0.25, 0.3) is 0 Å². The molecule has 0 spiro atoms. The summed E-state index contributed by atoms with van der Waals surface area (Å²) in [6.07, 6.45) is 0.747. The molecule has 0 amide bonds. The summed E-state index contributed by atoms with van der Waals surface area (Å²) in [7, 11) is 0. The van der Waals surface area contributed by atoms with E-state index in [9.17, 15) is 0 Å². The van der Waals surface area contributed by atoms with Crippen molar-refractivity contribution < 1.29 is 5.11 Å². The molecule has 6 N–H and O–H groups in total. The van der Waals surface area contributed by atoms with Gasteiger partial charge in [-0.05, 0) is 12.0 Å². The minimum absolute atomic E-state index is 0. The zero-order chi connectivity index (χ0) is 8.10. The molecule has 68 valence electrons. The van der Waals surface area contributed by atoms with Crippen LogP contribution >= 0.6 is 0 Å². The van der Waals surface area contributed by atoms with E-state index in [2.05, 4.69) is 0 Å². The standard InChI is InChI=1S/C9H13NO.H3N/c10-9(7-11)6-8-4-2-1-3-5-8;/h1-5,9,11H,6-7,10H2;1H3/t9-;/m1./s1. The van der Waals surface area contributed by atoms with Crippen molar-refractivity contribution in [3.05, 3.63) is 35.9 Å². The zero-order valence-electron chi connectivity index (χ0n) is 7.11. The maximum Gasteiger partial charge on any atom is 0.0585 e. The third-order valence-electron chi connectivity index (χ3n) is 1.58. The Labute approximate surface area is 72.8 Å². The lowest BCUT2D eigenvalue weighted by Gasteiger charge is -2.06. The minimum Gasteiger partial charge on any atom is -0.395 e.